The highest BCUT2D eigenvalue weighted by Gasteiger charge is 2.19. The van der Waals surface area contributed by atoms with Crippen molar-refractivity contribution in [2.75, 3.05) is 11.9 Å². The summed E-state index contributed by atoms with van der Waals surface area (Å²) >= 11 is 1.54. The van der Waals surface area contributed by atoms with Gasteiger partial charge in [-0.3, -0.25) is 9.59 Å². The number of carbonyl (C=O) groups excluding carboxylic acids is 2. The van der Waals surface area contributed by atoms with Crippen molar-refractivity contribution in [1.29, 1.82) is 5.26 Å². The monoisotopic (exact) mass is 587 g/mol. The first-order valence-corrected chi connectivity index (χ1v) is 15.5. The highest BCUT2D eigenvalue weighted by atomic mass is 32.1. The zero-order chi connectivity index (χ0) is 29.9. The third-order valence-corrected chi connectivity index (χ3v) is 9.29. The number of thiophene rings is 1. The van der Waals surface area contributed by atoms with Crippen LogP contribution in [0, 0.1) is 18.3 Å². The lowest BCUT2D eigenvalue weighted by Crippen LogP contribution is -2.31. The molecule has 1 saturated carbocycles. The lowest BCUT2D eigenvalue weighted by atomic mass is 9.95. The number of rotatable bonds is 8. The maximum absolute atomic E-state index is 13.7. The van der Waals surface area contributed by atoms with Crippen LogP contribution >= 0.6 is 11.3 Å². The van der Waals surface area contributed by atoms with E-state index in [2.05, 4.69) is 46.8 Å². The molecule has 2 heterocycles. The number of hydrogen-bond donors (Lipinski definition) is 2. The van der Waals surface area contributed by atoms with Gasteiger partial charge in [0.2, 0.25) is 5.91 Å². The standard InChI is InChI=1S/C35H33N5O2S/c1-22-16-32-31(38-21-40(32)2)18-28(22)26-10-6-11-27-29(20-43-35(26)27)34(42)23-13-14-30(24(17-23)19-36)39-33(41)12-7-15-37-25-8-4-3-5-9-25/h6-7,10-14,16-18,20-21,25,37H,3-5,8-9,15H2,1-2H3,(H,39,41)/b12-7+. The van der Waals surface area contributed by atoms with E-state index < -0.39 is 0 Å². The van der Waals surface area contributed by atoms with Crippen molar-refractivity contribution < 1.29 is 9.59 Å². The number of amides is 1. The van der Waals surface area contributed by atoms with Crippen LogP contribution in [0.15, 0.2) is 72.4 Å². The van der Waals surface area contributed by atoms with Gasteiger partial charge >= 0.3 is 0 Å². The molecule has 1 aliphatic carbocycles. The van der Waals surface area contributed by atoms with E-state index in [-0.39, 0.29) is 17.3 Å². The molecule has 1 amide bonds. The van der Waals surface area contributed by atoms with Gasteiger partial charge in [0.25, 0.3) is 0 Å². The molecule has 0 saturated heterocycles. The van der Waals surface area contributed by atoms with E-state index in [9.17, 15) is 14.9 Å². The number of benzene rings is 3. The number of aromatic nitrogens is 2. The van der Waals surface area contributed by atoms with E-state index in [0.29, 0.717) is 29.4 Å². The van der Waals surface area contributed by atoms with Gasteiger partial charge in [-0.25, -0.2) is 4.98 Å². The molecule has 0 bridgehead atoms. The number of ketones is 1. The zero-order valence-electron chi connectivity index (χ0n) is 24.3. The highest BCUT2D eigenvalue weighted by Crippen LogP contribution is 2.38. The summed E-state index contributed by atoms with van der Waals surface area (Å²) in [6, 6.07) is 17.8. The zero-order valence-corrected chi connectivity index (χ0v) is 25.1. The molecule has 8 heteroatoms. The summed E-state index contributed by atoms with van der Waals surface area (Å²) in [7, 11) is 1.98. The van der Waals surface area contributed by atoms with Crippen molar-refractivity contribution in [3.63, 3.8) is 0 Å². The fraction of sp³-hybridized carbons (Fsp3) is 0.257. The fourth-order valence-corrected chi connectivity index (χ4v) is 7.02. The van der Waals surface area contributed by atoms with E-state index in [1.807, 2.05) is 35.5 Å². The molecule has 2 N–H and O–H groups in total. The van der Waals surface area contributed by atoms with Crippen LogP contribution in [0.25, 0.3) is 32.2 Å². The lowest BCUT2D eigenvalue weighted by Gasteiger charge is -2.21. The van der Waals surface area contributed by atoms with Gasteiger partial charge in [0.15, 0.2) is 5.78 Å². The molecule has 2 aromatic heterocycles. The Hall–Kier alpha value is -4.58. The van der Waals surface area contributed by atoms with Crippen LogP contribution in [0.4, 0.5) is 5.69 Å². The number of nitriles is 1. The topological polar surface area (TPSA) is 99.8 Å². The molecule has 0 spiro atoms. The minimum absolute atomic E-state index is 0.164. The molecule has 43 heavy (non-hydrogen) atoms. The molecule has 0 radical (unpaired) electrons. The van der Waals surface area contributed by atoms with Crippen molar-refractivity contribution >= 4 is 49.8 Å². The highest BCUT2D eigenvalue weighted by molar-refractivity contribution is 7.18. The van der Waals surface area contributed by atoms with E-state index in [1.165, 1.54) is 49.5 Å². The van der Waals surface area contributed by atoms with Gasteiger partial charge in [-0.05, 0) is 66.8 Å². The van der Waals surface area contributed by atoms with Gasteiger partial charge in [-0.15, -0.1) is 11.3 Å². The summed E-state index contributed by atoms with van der Waals surface area (Å²) in [5.41, 5.74) is 6.90. The number of nitrogens with one attached hydrogen (secondary N) is 2. The summed E-state index contributed by atoms with van der Waals surface area (Å²) in [5, 5.41) is 18.8. The van der Waals surface area contributed by atoms with Crippen molar-refractivity contribution in [3.8, 4) is 17.2 Å². The van der Waals surface area contributed by atoms with Gasteiger partial charge in [0, 0.05) is 52.3 Å². The third-order valence-electron chi connectivity index (χ3n) is 8.27. The largest absolute Gasteiger partial charge is 0.334 e. The van der Waals surface area contributed by atoms with Gasteiger partial charge in [-0.1, -0.05) is 43.5 Å². The second kappa shape index (κ2) is 12.3. The first kappa shape index (κ1) is 28.5. The first-order valence-electron chi connectivity index (χ1n) is 14.6. The Morgan fingerprint density at radius 1 is 1.12 bits per heavy atom. The number of hydrogen-bond acceptors (Lipinski definition) is 6. The maximum Gasteiger partial charge on any atom is 0.248 e. The average Bonchev–Trinajstić information content (AvgIpc) is 3.62. The molecule has 7 nitrogen and oxygen atoms in total. The molecule has 5 aromatic rings. The van der Waals surface area contributed by atoms with E-state index in [4.69, 9.17) is 0 Å². The van der Waals surface area contributed by atoms with Gasteiger partial charge in [0.05, 0.1) is 28.6 Å². The third kappa shape index (κ3) is 5.87. The average molecular weight is 588 g/mol. The van der Waals surface area contributed by atoms with E-state index in [1.54, 1.807) is 24.3 Å². The first-order chi connectivity index (χ1) is 20.9. The van der Waals surface area contributed by atoms with Crippen LogP contribution in [0.2, 0.25) is 0 Å². The summed E-state index contributed by atoms with van der Waals surface area (Å²) in [4.78, 5) is 30.8. The Balaban J connectivity index is 1.20. The Morgan fingerprint density at radius 2 is 1.95 bits per heavy atom. The number of aryl methyl sites for hydroxylation is 2. The Kier molecular flexibility index (Phi) is 8.19. The predicted molar refractivity (Wildman–Crippen MR) is 174 cm³/mol. The maximum atomic E-state index is 13.7. The van der Waals surface area contributed by atoms with Crippen LogP contribution in [-0.4, -0.2) is 33.8 Å². The minimum Gasteiger partial charge on any atom is -0.334 e. The Bertz CT molecular complexity index is 1920. The summed E-state index contributed by atoms with van der Waals surface area (Å²) in [6.45, 7) is 2.72. The van der Waals surface area contributed by atoms with Crippen LogP contribution < -0.4 is 10.6 Å². The van der Waals surface area contributed by atoms with Crippen molar-refractivity contribution in [2.45, 2.75) is 45.1 Å². The van der Waals surface area contributed by atoms with Crippen LogP contribution in [0.5, 0.6) is 0 Å². The number of imidazole rings is 1. The van der Waals surface area contributed by atoms with E-state index >= 15 is 0 Å². The molecule has 0 atom stereocenters. The van der Waals surface area contributed by atoms with Crippen LogP contribution in [-0.2, 0) is 11.8 Å². The summed E-state index contributed by atoms with van der Waals surface area (Å²) < 4.78 is 3.03. The predicted octanol–water partition coefficient (Wildman–Crippen LogP) is 7.28. The number of carbonyl (C=O) groups is 2. The van der Waals surface area contributed by atoms with E-state index in [0.717, 1.165) is 37.8 Å². The molecular formula is C35H33N5O2S. The lowest BCUT2D eigenvalue weighted by molar-refractivity contribution is -0.111. The second-order valence-electron chi connectivity index (χ2n) is 11.2. The van der Waals surface area contributed by atoms with Crippen molar-refractivity contribution in [2.24, 2.45) is 7.05 Å². The van der Waals surface area contributed by atoms with Crippen molar-refractivity contribution in [1.82, 2.24) is 14.9 Å². The minimum atomic E-state index is -0.309. The van der Waals surface area contributed by atoms with Gasteiger partial charge in [-0.2, -0.15) is 5.26 Å². The van der Waals surface area contributed by atoms with Gasteiger partial charge in [0.1, 0.15) is 6.07 Å². The molecule has 0 unspecified atom stereocenters. The Labute approximate surface area is 254 Å². The SMILES string of the molecule is Cc1cc2c(cc1-c1cccc3c(C(=O)c4ccc(NC(=O)/C=C/CNC5CCCCC5)c(C#N)c4)csc13)ncn2C. The normalized spacial score (nSPS) is 14.0. The smallest absolute Gasteiger partial charge is 0.248 e. The summed E-state index contributed by atoms with van der Waals surface area (Å²) in [6.07, 6.45) is 11.3. The second-order valence-corrected chi connectivity index (χ2v) is 12.1. The molecule has 0 aliphatic heterocycles. The van der Waals surface area contributed by atoms with Gasteiger partial charge < -0.3 is 15.2 Å². The molecule has 216 valence electrons. The quantitative estimate of drug-likeness (QED) is 0.147. The Morgan fingerprint density at radius 3 is 2.77 bits per heavy atom. The number of anilines is 1. The van der Waals surface area contributed by atoms with Crippen molar-refractivity contribution in [3.05, 3.63) is 94.6 Å². The molecular weight excluding hydrogens is 554 g/mol. The number of fused-ring (bicyclic) bond motifs is 2. The summed E-state index contributed by atoms with van der Waals surface area (Å²) in [5.74, 6) is -0.472. The molecule has 1 fully saturated rings. The van der Waals surface area contributed by atoms with Crippen LogP contribution in [0.3, 0.4) is 0 Å². The molecule has 6 rings (SSSR count). The molecule has 3 aromatic carbocycles. The van der Waals surface area contributed by atoms with Crippen LogP contribution in [0.1, 0.15) is 59.2 Å². The number of nitrogens with zero attached hydrogens (tertiary/aromatic N) is 3. The molecule has 1 aliphatic rings. The fourth-order valence-electron chi connectivity index (χ4n) is 5.94.